The molecule has 1 aromatic heterocycles. The summed E-state index contributed by atoms with van der Waals surface area (Å²) in [5.74, 6) is 0. The minimum atomic E-state index is -0.581. The Morgan fingerprint density at radius 3 is 2.61 bits per heavy atom. The standard InChI is InChI=1S/C16H27N3O3S/c1-15(2,3)12-18-19(10-11-8-7-9-21-11)13(23-12)17-14(20)22-16(4,5)6/h11H,7-10H2,1-6H3/b17-13-/t11-/m1/s1. The molecule has 7 heteroatoms. The van der Waals surface area contributed by atoms with Crippen LogP contribution < -0.4 is 4.80 Å². The first-order chi connectivity index (χ1) is 10.5. The molecule has 0 bridgehead atoms. The van der Waals surface area contributed by atoms with Crippen LogP contribution in [0.4, 0.5) is 4.79 Å². The van der Waals surface area contributed by atoms with Gasteiger partial charge in [0.05, 0.1) is 12.6 Å². The highest BCUT2D eigenvalue weighted by Gasteiger charge is 2.23. The zero-order valence-corrected chi connectivity index (χ0v) is 15.7. The van der Waals surface area contributed by atoms with E-state index in [1.807, 2.05) is 20.8 Å². The van der Waals surface area contributed by atoms with Gasteiger partial charge >= 0.3 is 6.09 Å². The van der Waals surface area contributed by atoms with Gasteiger partial charge < -0.3 is 9.47 Å². The van der Waals surface area contributed by atoms with Crippen molar-refractivity contribution in [1.82, 2.24) is 9.78 Å². The van der Waals surface area contributed by atoms with Crippen molar-refractivity contribution in [1.29, 1.82) is 0 Å². The van der Waals surface area contributed by atoms with Crippen molar-refractivity contribution in [2.24, 2.45) is 4.99 Å². The third kappa shape index (κ3) is 5.42. The van der Waals surface area contributed by atoms with E-state index in [4.69, 9.17) is 9.47 Å². The molecule has 23 heavy (non-hydrogen) atoms. The summed E-state index contributed by atoms with van der Waals surface area (Å²) in [6.45, 7) is 13.2. The molecule has 0 N–H and O–H groups in total. The van der Waals surface area contributed by atoms with Gasteiger partial charge in [-0.3, -0.25) is 0 Å². The fourth-order valence-electron chi connectivity index (χ4n) is 2.16. The van der Waals surface area contributed by atoms with Crippen LogP contribution in [0, 0.1) is 0 Å². The molecule has 1 amide bonds. The molecule has 0 unspecified atom stereocenters. The smallest absolute Gasteiger partial charge is 0.436 e. The molecule has 1 aliphatic rings. The van der Waals surface area contributed by atoms with Crippen molar-refractivity contribution in [3.05, 3.63) is 9.81 Å². The first-order valence-corrected chi connectivity index (χ1v) is 8.84. The van der Waals surface area contributed by atoms with Gasteiger partial charge in [0, 0.05) is 12.0 Å². The van der Waals surface area contributed by atoms with Crippen LogP contribution in [-0.2, 0) is 21.4 Å². The summed E-state index contributed by atoms with van der Waals surface area (Å²) in [5, 5.41) is 5.59. The van der Waals surface area contributed by atoms with Crippen LogP contribution in [0.15, 0.2) is 4.99 Å². The van der Waals surface area contributed by atoms with Gasteiger partial charge in [-0.2, -0.15) is 5.10 Å². The molecule has 130 valence electrons. The molecule has 0 radical (unpaired) electrons. The number of rotatable bonds is 2. The molecule has 1 aliphatic heterocycles. The lowest BCUT2D eigenvalue weighted by Crippen LogP contribution is -2.27. The van der Waals surface area contributed by atoms with Crippen LogP contribution in [0.3, 0.4) is 0 Å². The van der Waals surface area contributed by atoms with Crippen molar-refractivity contribution < 1.29 is 14.3 Å². The van der Waals surface area contributed by atoms with Crippen LogP contribution in [-0.4, -0.2) is 34.2 Å². The Bertz CT molecular complexity index is 614. The molecule has 1 atom stereocenters. The van der Waals surface area contributed by atoms with Gasteiger partial charge in [0.1, 0.15) is 10.6 Å². The summed E-state index contributed by atoms with van der Waals surface area (Å²) in [4.78, 5) is 16.7. The lowest BCUT2D eigenvalue weighted by atomic mass is 9.98. The van der Waals surface area contributed by atoms with Crippen LogP contribution >= 0.6 is 11.3 Å². The number of aromatic nitrogens is 2. The van der Waals surface area contributed by atoms with Crippen molar-refractivity contribution in [3.63, 3.8) is 0 Å². The van der Waals surface area contributed by atoms with Crippen LogP contribution in [0.1, 0.15) is 59.4 Å². The quantitative estimate of drug-likeness (QED) is 0.828. The lowest BCUT2D eigenvalue weighted by molar-refractivity contribution is 0.0592. The van der Waals surface area contributed by atoms with Crippen molar-refractivity contribution in [3.8, 4) is 0 Å². The van der Waals surface area contributed by atoms with E-state index in [1.54, 1.807) is 4.68 Å². The topological polar surface area (TPSA) is 65.7 Å². The van der Waals surface area contributed by atoms with E-state index in [2.05, 4.69) is 30.9 Å². The number of nitrogens with zero attached hydrogens (tertiary/aromatic N) is 3. The van der Waals surface area contributed by atoms with E-state index in [9.17, 15) is 4.79 Å². The predicted molar refractivity (Wildman–Crippen MR) is 89.6 cm³/mol. The molecule has 6 nitrogen and oxygen atoms in total. The summed E-state index contributed by atoms with van der Waals surface area (Å²) in [6.07, 6.45) is 1.64. The Labute approximate surface area is 141 Å². The Hall–Kier alpha value is -1.21. The Morgan fingerprint density at radius 2 is 2.09 bits per heavy atom. The van der Waals surface area contributed by atoms with E-state index in [0.717, 1.165) is 24.5 Å². The molecular formula is C16H27N3O3S. The van der Waals surface area contributed by atoms with Gasteiger partial charge in [0.15, 0.2) is 0 Å². The Kier molecular flexibility index (Phi) is 5.30. The Morgan fingerprint density at radius 1 is 1.39 bits per heavy atom. The monoisotopic (exact) mass is 341 g/mol. The second-order valence-electron chi connectivity index (χ2n) is 7.85. The van der Waals surface area contributed by atoms with Crippen LogP contribution in [0.5, 0.6) is 0 Å². The van der Waals surface area contributed by atoms with Crippen molar-refractivity contribution in [2.45, 2.75) is 78.0 Å². The van der Waals surface area contributed by atoms with Gasteiger partial charge in [0.25, 0.3) is 0 Å². The molecule has 0 aromatic carbocycles. The zero-order chi connectivity index (χ0) is 17.3. The normalized spacial score (nSPS) is 20.1. The molecule has 2 rings (SSSR count). The third-order valence-corrected chi connectivity index (χ3v) is 4.61. The SMILES string of the molecule is CC(C)(C)OC(=O)/N=c1\sc(C(C)(C)C)nn1C[C@H]1CCCO1. The number of ether oxygens (including phenoxy) is 2. The van der Waals surface area contributed by atoms with E-state index in [-0.39, 0.29) is 11.5 Å². The molecule has 2 heterocycles. The summed E-state index contributed by atoms with van der Waals surface area (Å²) >= 11 is 1.43. The minimum absolute atomic E-state index is 0.0926. The number of carbonyl (C=O) groups excluding carboxylic acids is 1. The maximum Gasteiger partial charge on any atom is 0.436 e. The first kappa shape index (κ1) is 18.1. The van der Waals surface area contributed by atoms with Crippen molar-refractivity contribution >= 4 is 17.4 Å². The number of carbonyl (C=O) groups is 1. The van der Waals surface area contributed by atoms with E-state index in [0.29, 0.717) is 11.3 Å². The third-order valence-electron chi connectivity index (χ3n) is 3.24. The molecular weight excluding hydrogens is 314 g/mol. The van der Waals surface area contributed by atoms with Gasteiger partial charge in [-0.25, -0.2) is 9.48 Å². The molecule has 0 aliphatic carbocycles. The van der Waals surface area contributed by atoms with E-state index < -0.39 is 11.7 Å². The lowest BCUT2D eigenvalue weighted by Gasteiger charge is -2.17. The summed E-state index contributed by atoms with van der Waals surface area (Å²) in [5.41, 5.74) is -0.651. The summed E-state index contributed by atoms with van der Waals surface area (Å²) in [6, 6.07) is 0. The Balaban J connectivity index is 2.31. The number of hydrogen-bond donors (Lipinski definition) is 0. The highest BCUT2D eigenvalue weighted by molar-refractivity contribution is 7.09. The van der Waals surface area contributed by atoms with Crippen LogP contribution in [0.25, 0.3) is 0 Å². The highest BCUT2D eigenvalue weighted by atomic mass is 32.1. The summed E-state index contributed by atoms with van der Waals surface area (Å²) in [7, 11) is 0. The largest absolute Gasteiger partial charge is 0.442 e. The van der Waals surface area contributed by atoms with Gasteiger partial charge in [-0.15, -0.1) is 4.99 Å². The zero-order valence-electron chi connectivity index (χ0n) is 14.9. The van der Waals surface area contributed by atoms with Crippen LogP contribution in [0.2, 0.25) is 0 Å². The molecule has 1 aromatic rings. The van der Waals surface area contributed by atoms with Gasteiger partial charge in [-0.1, -0.05) is 32.1 Å². The number of amides is 1. The molecule has 0 spiro atoms. The van der Waals surface area contributed by atoms with Gasteiger partial charge in [0.2, 0.25) is 4.80 Å². The fraction of sp³-hybridized carbons (Fsp3) is 0.812. The minimum Gasteiger partial charge on any atom is -0.442 e. The molecule has 1 saturated heterocycles. The second kappa shape index (κ2) is 6.73. The number of hydrogen-bond acceptors (Lipinski definition) is 5. The fourth-order valence-corrected chi connectivity index (χ4v) is 3.12. The predicted octanol–water partition coefficient (Wildman–Crippen LogP) is 3.26. The molecule has 0 saturated carbocycles. The van der Waals surface area contributed by atoms with E-state index in [1.165, 1.54) is 11.3 Å². The highest BCUT2D eigenvalue weighted by Crippen LogP contribution is 2.22. The van der Waals surface area contributed by atoms with Crippen molar-refractivity contribution in [2.75, 3.05) is 6.61 Å². The second-order valence-corrected chi connectivity index (χ2v) is 8.81. The van der Waals surface area contributed by atoms with Gasteiger partial charge in [-0.05, 0) is 33.6 Å². The molecule has 1 fully saturated rings. The maximum atomic E-state index is 12.0. The average Bonchev–Trinajstić information content (AvgIpc) is 2.97. The average molecular weight is 341 g/mol. The maximum absolute atomic E-state index is 12.0. The first-order valence-electron chi connectivity index (χ1n) is 8.02. The van der Waals surface area contributed by atoms with E-state index >= 15 is 0 Å². The summed E-state index contributed by atoms with van der Waals surface area (Å²) < 4.78 is 12.8.